The first-order valence-corrected chi connectivity index (χ1v) is 3.92. The summed E-state index contributed by atoms with van der Waals surface area (Å²) in [5, 5.41) is 11.4. The van der Waals surface area contributed by atoms with E-state index in [0.29, 0.717) is 6.54 Å². The second kappa shape index (κ2) is 3.89. The van der Waals surface area contributed by atoms with E-state index in [2.05, 4.69) is 5.32 Å². The number of aromatic hydroxyl groups is 1. The highest BCUT2D eigenvalue weighted by atomic mass is 19.1. The van der Waals surface area contributed by atoms with Gasteiger partial charge in [-0.3, -0.25) is 4.79 Å². The van der Waals surface area contributed by atoms with Crippen molar-refractivity contribution >= 4 is 5.91 Å². The Morgan fingerprint density at radius 1 is 1.62 bits per heavy atom. The summed E-state index contributed by atoms with van der Waals surface area (Å²) in [4.78, 5) is 11.1. The van der Waals surface area contributed by atoms with E-state index in [0.717, 1.165) is 12.1 Å². The minimum Gasteiger partial charge on any atom is -0.505 e. The van der Waals surface area contributed by atoms with Crippen molar-refractivity contribution in [1.29, 1.82) is 0 Å². The van der Waals surface area contributed by atoms with Crippen molar-refractivity contribution in [2.75, 3.05) is 6.54 Å². The van der Waals surface area contributed by atoms with Gasteiger partial charge in [-0.15, -0.1) is 0 Å². The van der Waals surface area contributed by atoms with E-state index in [1.54, 1.807) is 6.92 Å². The number of amides is 1. The van der Waals surface area contributed by atoms with E-state index >= 15 is 0 Å². The molecule has 0 aliphatic carbocycles. The molecule has 0 spiro atoms. The molecule has 0 atom stereocenters. The van der Waals surface area contributed by atoms with E-state index in [9.17, 15) is 9.18 Å². The summed E-state index contributed by atoms with van der Waals surface area (Å²) in [7, 11) is 0. The third kappa shape index (κ3) is 2.18. The van der Waals surface area contributed by atoms with Crippen molar-refractivity contribution in [2.24, 2.45) is 0 Å². The molecular formula is C9H10FNO2. The van der Waals surface area contributed by atoms with Crippen molar-refractivity contribution in [2.45, 2.75) is 6.92 Å². The third-order valence-corrected chi connectivity index (χ3v) is 1.55. The minimum atomic E-state index is -0.788. The number of nitrogens with one attached hydrogen (secondary N) is 1. The average Bonchev–Trinajstić information content (AvgIpc) is 2.10. The number of rotatable bonds is 2. The van der Waals surface area contributed by atoms with Crippen LogP contribution < -0.4 is 5.32 Å². The largest absolute Gasteiger partial charge is 0.505 e. The lowest BCUT2D eigenvalue weighted by Crippen LogP contribution is -2.22. The van der Waals surface area contributed by atoms with Gasteiger partial charge in [-0.2, -0.15) is 0 Å². The summed E-state index contributed by atoms with van der Waals surface area (Å²) < 4.78 is 12.7. The molecule has 1 rings (SSSR count). The van der Waals surface area contributed by atoms with Gasteiger partial charge in [0.15, 0.2) is 11.6 Å². The molecule has 1 aromatic rings. The van der Waals surface area contributed by atoms with Gasteiger partial charge in [0.1, 0.15) is 0 Å². The maximum atomic E-state index is 12.7. The molecule has 0 unspecified atom stereocenters. The molecule has 2 N–H and O–H groups in total. The second-order valence-electron chi connectivity index (χ2n) is 2.53. The van der Waals surface area contributed by atoms with Crippen molar-refractivity contribution in [1.82, 2.24) is 5.32 Å². The molecule has 0 aromatic heterocycles. The van der Waals surface area contributed by atoms with Gasteiger partial charge < -0.3 is 10.4 Å². The molecule has 0 aliphatic heterocycles. The van der Waals surface area contributed by atoms with Crippen LogP contribution in [0.3, 0.4) is 0 Å². The summed E-state index contributed by atoms with van der Waals surface area (Å²) >= 11 is 0. The van der Waals surface area contributed by atoms with Crippen molar-refractivity contribution in [3.63, 3.8) is 0 Å². The zero-order chi connectivity index (χ0) is 9.84. The molecule has 4 heteroatoms. The van der Waals surface area contributed by atoms with Crippen LogP contribution in [0.5, 0.6) is 5.75 Å². The van der Waals surface area contributed by atoms with E-state index in [-0.39, 0.29) is 11.5 Å². The van der Waals surface area contributed by atoms with Crippen molar-refractivity contribution in [3.8, 4) is 5.75 Å². The Bertz CT molecular complexity index is 325. The Labute approximate surface area is 75.2 Å². The molecule has 0 heterocycles. The number of carbonyl (C=O) groups excluding carboxylic acids is 1. The smallest absolute Gasteiger partial charge is 0.251 e. The fourth-order valence-corrected chi connectivity index (χ4v) is 0.911. The Morgan fingerprint density at radius 3 is 2.85 bits per heavy atom. The van der Waals surface area contributed by atoms with Gasteiger partial charge in [0, 0.05) is 12.1 Å². The minimum absolute atomic E-state index is 0.206. The van der Waals surface area contributed by atoms with Crippen molar-refractivity contribution < 1.29 is 14.3 Å². The van der Waals surface area contributed by atoms with Crippen LogP contribution in [0.4, 0.5) is 4.39 Å². The SMILES string of the molecule is CCNC(=O)c1ccc(O)c(F)c1. The molecule has 0 fully saturated rings. The molecule has 1 aromatic carbocycles. The van der Waals surface area contributed by atoms with E-state index in [1.165, 1.54) is 6.07 Å². The summed E-state index contributed by atoms with van der Waals surface area (Å²) in [6.45, 7) is 2.26. The highest BCUT2D eigenvalue weighted by Crippen LogP contribution is 2.15. The van der Waals surface area contributed by atoms with Gasteiger partial charge in [-0.25, -0.2) is 4.39 Å². The number of phenolic OH excluding ortho intramolecular Hbond substituents is 1. The van der Waals surface area contributed by atoms with Crippen LogP contribution in [0.1, 0.15) is 17.3 Å². The quantitative estimate of drug-likeness (QED) is 0.725. The van der Waals surface area contributed by atoms with Gasteiger partial charge in [0.05, 0.1) is 0 Å². The number of carbonyl (C=O) groups is 1. The van der Waals surface area contributed by atoms with Gasteiger partial charge in [-0.05, 0) is 25.1 Å². The summed E-state index contributed by atoms with van der Waals surface area (Å²) in [5.74, 6) is -1.58. The molecule has 0 radical (unpaired) electrons. The number of hydrogen-bond acceptors (Lipinski definition) is 2. The molecule has 1 amide bonds. The predicted octanol–water partition coefficient (Wildman–Crippen LogP) is 1.28. The van der Waals surface area contributed by atoms with Gasteiger partial charge >= 0.3 is 0 Å². The first-order chi connectivity index (χ1) is 6.15. The van der Waals surface area contributed by atoms with E-state index in [1.807, 2.05) is 0 Å². The van der Waals surface area contributed by atoms with Crippen LogP contribution in [-0.2, 0) is 0 Å². The highest BCUT2D eigenvalue weighted by Gasteiger charge is 2.07. The maximum absolute atomic E-state index is 12.7. The Morgan fingerprint density at radius 2 is 2.31 bits per heavy atom. The fraction of sp³-hybridized carbons (Fsp3) is 0.222. The molecule has 0 aliphatic rings. The lowest BCUT2D eigenvalue weighted by Gasteiger charge is -2.02. The molecule has 0 saturated carbocycles. The molecule has 13 heavy (non-hydrogen) atoms. The molecular weight excluding hydrogens is 173 g/mol. The fourth-order valence-electron chi connectivity index (χ4n) is 0.911. The van der Waals surface area contributed by atoms with Gasteiger partial charge in [-0.1, -0.05) is 0 Å². The Kier molecular flexibility index (Phi) is 2.84. The van der Waals surface area contributed by atoms with E-state index in [4.69, 9.17) is 5.11 Å². The number of phenols is 1. The summed E-state index contributed by atoms with van der Waals surface area (Å²) in [5.41, 5.74) is 0.206. The Hall–Kier alpha value is -1.58. The van der Waals surface area contributed by atoms with Gasteiger partial charge in [0.25, 0.3) is 5.91 Å². The van der Waals surface area contributed by atoms with Crippen molar-refractivity contribution in [3.05, 3.63) is 29.6 Å². The average molecular weight is 183 g/mol. The second-order valence-corrected chi connectivity index (χ2v) is 2.53. The van der Waals surface area contributed by atoms with Crippen LogP contribution in [-0.4, -0.2) is 17.6 Å². The van der Waals surface area contributed by atoms with Crippen LogP contribution in [0.15, 0.2) is 18.2 Å². The summed E-state index contributed by atoms with van der Waals surface area (Å²) in [6, 6.07) is 3.52. The molecule has 70 valence electrons. The van der Waals surface area contributed by atoms with E-state index < -0.39 is 11.6 Å². The maximum Gasteiger partial charge on any atom is 0.251 e. The third-order valence-electron chi connectivity index (χ3n) is 1.55. The van der Waals surface area contributed by atoms with Crippen LogP contribution in [0, 0.1) is 5.82 Å². The topological polar surface area (TPSA) is 49.3 Å². The molecule has 0 saturated heterocycles. The first-order valence-electron chi connectivity index (χ1n) is 3.92. The zero-order valence-corrected chi connectivity index (χ0v) is 7.17. The molecule has 0 bridgehead atoms. The monoisotopic (exact) mass is 183 g/mol. The van der Waals surface area contributed by atoms with Crippen LogP contribution in [0.25, 0.3) is 0 Å². The summed E-state index contributed by atoms with van der Waals surface area (Å²) in [6.07, 6.45) is 0. The lowest BCUT2D eigenvalue weighted by atomic mass is 10.2. The highest BCUT2D eigenvalue weighted by molar-refractivity contribution is 5.94. The Balaban J connectivity index is 2.90. The number of hydrogen-bond donors (Lipinski definition) is 2. The predicted molar refractivity (Wildman–Crippen MR) is 46.1 cm³/mol. The first kappa shape index (κ1) is 9.51. The number of benzene rings is 1. The lowest BCUT2D eigenvalue weighted by molar-refractivity contribution is 0.0955. The van der Waals surface area contributed by atoms with Gasteiger partial charge in [0.2, 0.25) is 0 Å². The number of halogens is 1. The standard InChI is InChI=1S/C9H10FNO2/c1-2-11-9(13)6-3-4-8(12)7(10)5-6/h3-5,12H,2H2,1H3,(H,11,13). The molecule has 3 nitrogen and oxygen atoms in total. The van der Waals surface area contributed by atoms with Crippen LogP contribution >= 0.6 is 0 Å². The zero-order valence-electron chi connectivity index (χ0n) is 7.17. The normalized spacial score (nSPS) is 9.69. The van der Waals surface area contributed by atoms with Crippen LogP contribution in [0.2, 0.25) is 0 Å².